The average Bonchev–Trinajstić information content (AvgIpc) is 2.75. The molecule has 19 heavy (non-hydrogen) atoms. The number of hydrogen-bond acceptors (Lipinski definition) is 3. The highest BCUT2D eigenvalue weighted by Crippen LogP contribution is 2.17. The number of aryl methyl sites for hydroxylation is 3. The third-order valence-electron chi connectivity index (χ3n) is 3.05. The van der Waals surface area contributed by atoms with Crippen molar-refractivity contribution >= 4 is 17.3 Å². The largest absolute Gasteiger partial charge is 0.399 e. The first-order chi connectivity index (χ1) is 9.01. The number of nitrogens with one attached hydrogen (secondary N) is 1. The first-order valence-electron chi connectivity index (χ1n) is 6.21. The SMILES string of the molecule is CCc1cc(C(=O)Nc2ccc(N)c(C)c2)n(C)n1. The Kier molecular flexibility index (Phi) is 3.55. The zero-order valence-electron chi connectivity index (χ0n) is 11.4. The minimum absolute atomic E-state index is 0.168. The molecule has 0 unspecified atom stereocenters. The molecule has 0 saturated carbocycles. The molecule has 1 heterocycles. The molecule has 100 valence electrons. The minimum atomic E-state index is -0.168. The molecular weight excluding hydrogens is 240 g/mol. The van der Waals surface area contributed by atoms with Crippen molar-refractivity contribution < 1.29 is 4.79 Å². The van der Waals surface area contributed by atoms with Crippen LogP contribution in [0.3, 0.4) is 0 Å². The summed E-state index contributed by atoms with van der Waals surface area (Å²) in [6, 6.07) is 7.23. The van der Waals surface area contributed by atoms with Gasteiger partial charge in [0.15, 0.2) is 0 Å². The van der Waals surface area contributed by atoms with Crippen LogP contribution in [0.15, 0.2) is 24.3 Å². The van der Waals surface area contributed by atoms with E-state index in [4.69, 9.17) is 5.73 Å². The highest BCUT2D eigenvalue weighted by molar-refractivity contribution is 6.03. The molecule has 0 aliphatic heterocycles. The summed E-state index contributed by atoms with van der Waals surface area (Å²) in [5, 5.41) is 7.11. The molecule has 0 radical (unpaired) electrons. The molecule has 0 fully saturated rings. The summed E-state index contributed by atoms with van der Waals surface area (Å²) >= 11 is 0. The summed E-state index contributed by atoms with van der Waals surface area (Å²) in [4.78, 5) is 12.2. The highest BCUT2D eigenvalue weighted by atomic mass is 16.2. The number of nitrogen functional groups attached to an aromatic ring is 1. The van der Waals surface area contributed by atoms with Gasteiger partial charge < -0.3 is 11.1 Å². The van der Waals surface area contributed by atoms with Crippen molar-refractivity contribution in [3.05, 3.63) is 41.2 Å². The van der Waals surface area contributed by atoms with Crippen LogP contribution in [0, 0.1) is 6.92 Å². The lowest BCUT2D eigenvalue weighted by atomic mass is 10.2. The van der Waals surface area contributed by atoms with Crippen molar-refractivity contribution in [3.63, 3.8) is 0 Å². The van der Waals surface area contributed by atoms with E-state index in [0.717, 1.165) is 23.4 Å². The van der Waals surface area contributed by atoms with E-state index < -0.39 is 0 Å². The summed E-state index contributed by atoms with van der Waals surface area (Å²) in [6.45, 7) is 3.91. The number of amides is 1. The molecule has 3 N–H and O–H groups in total. The predicted octanol–water partition coefficient (Wildman–Crippen LogP) is 2.13. The van der Waals surface area contributed by atoms with E-state index in [1.54, 1.807) is 29.9 Å². The topological polar surface area (TPSA) is 72.9 Å². The predicted molar refractivity (Wildman–Crippen MR) is 76.1 cm³/mol. The number of rotatable bonds is 3. The second-order valence-electron chi connectivity index (χ2n) is 4.52. The number of carbonyl (C=O) groups excluding carboxylic acids is 1. The Hall–Kier alpha value is -2.30. The van der Waals surface area contributed by atoms with Gasteiger partial charge in [-0.2, -0.15) is 5.10 Å². The van der Waals surface area contributed by atoms with Crippen molar-refractivity contribution in [2.75, 3.05) is 11.1 Å². The Morgan fingerprint density at radius 3 is 2.74 bits per heavy atom. The van der Waals surface area contributed by atoms with Gasteiger partial charge in [-0.15, -0.1) is 0 Å². The maximum absolute atomic E-state index is 12.2. The fourth-order valence-corrected chi connectivity index (χ4v) is 1.86. The maximum Gasteiger partial charge on any atom is 0.273 e. The first-order valence-corrected chi connectivity index (χ1v) is 6.21. The van der Waals surface area contributed by atoms with Crippen LogP contribution in [0.2, 0.25) is 0 Å². The van der Waals surface area contributed by atoms with E-state index in [2.05, 4.69) is 10.4 Å². The van der Waals surface area contributed by atoms with E-state index in [0.29, 0.717) is 11.4 Å². The number of anilines is 2. The molecule has 0 saturated heterocycles. The fraction of sp³-hybridized carbons (Fsp3) is 0.286. The molecule has 5 heteroatoms. The van der Waals surface area contributed by atoms with Gasteiger partial charge in [0.2, 0.25) is 0 Å². The summed E-state index contributed by atoms with van der Waals surface area (Å²) in [5.41, 5.74) is 9.59. The molecule has 1 aromatic carbocycles. The number of carbonyl (C=O) groups is 1. The Morgan fingerprint density at radius 2 is 2.16 bits per heavy atom. The molecule has 0 aliphatic carbocycles. The van der Waals surface area contributed by atoms with Gasteiger partial charge in [0.25, 0.3) is 5.91 Å². The van der Waals surface area contributed by atoms with Crippen LogP contribution in [-0.4, -0.2) is 15.7 Å². The molecule has 1 aromatic heterocycles. The first kappa shape index (κ1) is 13.1. The molecular formula is C14H18N4O. The average molecular weight is 258 g/mol. The van der Waals surface area contributed by atoms with Gasteiger partial charge in [0.1, 0.15) is 5.69 Å². The van der Waals surface area contributed by atoms with Crippen molar-refractivity contribution in [2.24, 2.45) is 7.05 Å². The number of nitrogens with two attached hydrogens (primary N) is 1. The van der Waals surface area contributed by atoms with Gasteiger partial charge >= 0.3 is 0 Å². The fourth-order valence-electron chi connectivity index (χ4n) is 1.86. The molecule has 2 rings (SSSR count). The number of benzene rings is 1. The third kappa shape index (κ3) is 2.76. The Labute approximate surface area is 112 Å². The van der Waals surface area contributed by atoms with Crippen LogP contribution < -0.4 is 11.1 Å². The number of aromatic nitrogens is 2. The Morgan fingerprint density at radius 1 is 1.42 bits per heavy atom. The molecule has 0 bridgehead atoms. The summed E-state index contributed by atoms with van der Waals surface area (Å²) < 4.78 is 1.60. The van der Waals surface area contributed by atoms with Crippen molar-refractivity contribution in [1.29, 1.82) is 0 Å². The molecule has 0 aliphatic rings. The molecule has 5 nitrogen and oxygen atoms in total. The normalized spacial score (nSPS) is 10.5. The van der Waals surface area contributed by atoms with Crippen molar-refractivity contribution in [3.8, 4) is 0 Å². The van der Waals surface area contributed by atoms with Gasteiger partial charge in [-0.3, -0.25) is 9.48 Å². The third-order valence-corrected chi connectivity index (χ3v) is 3.05. The zero-order valence-corrected chi connectivity index (χ0v) is 11.4. The molecule has 1 amide bonds. The van der Waals surface area contributed by atoms with Crippen molar-refractivity contribution in [1.82, 2.24) is 9.78 Å². The lowest BCUT2D eigenvalue weighted by Crippen LogP contribution is -2.16. The van der Waals surface area contributed by atoms with E-state index in [1.165, 1.54) is 0 Å². The molecule has 0 atom stereocenters. The number of nitrogens with zero attached hydrogens (tertiary/aromatic N) is 2. The summed E-state index contributed by atoms with van der Waals surface area (Å²) in [6.07, 6.45) is 0.808. The van der Waals surface area contributed by atoms with Crippen LogP contribution >= 0.6 is 0 Å². The Balaban J connectivity index is 2.20. The summed E-state index contributed by atoms with van der Waals surface area (Å²) in [7, 11) is 1.77. The van der Waals surface area contributed by atoms with E-state index in [-0.39, 0.29) is 5.91 Å². The smallest absolute Gasteiger partial charge is 0.273 e. The second kappa shape index (κ2) is 5.14. The zero-order chi connectivity index (χ0) is 14.0. The lowest BCUT2D eigenvalue weighted by Gasteiger charge is -2.07. The van der Waals surface area contributed by atoms with Crippen LogP contribution in [0.4, 0.5) is 11.4 Å². The van der Waals surface area contributed by atoms with E-state index in [1.807, 2.05) is 19.9 Å². The van der Waals surface area contributed by atoms with Gasteiger partial charge in [-0.05, 0) is 43.2 Å². The van der Waals surface area contributed by atoms with Gasteiger partial charge in [0.05, 0.1) is 5.69 Å². The molecule has 2 aromatic rings. The summed E-state index contributed by atoms with van der Waals surface area (Å²) in [5.74, 6) is -0.168. The lowest BCUT2D eigenvalue weighted by molar-refractivity contribution is 0.101. The molecule has 0 spiro atoms. The van der Waals surface area contributed by atoms with Gasteiger partial charge in [-0.25, -0.2) is 0 Å². The van der Waals surface area contributed by atoms with E-state index >= 15 is 0 Å². The minimum Gasteiger partial charge on any atom is -0.399 e. The van der Waals surface area contributed by atoms with Crippen LogP contribution in [0.1, 0.15) is 28.7 Å². The van der Waals surface area contributed by atoms with Crippen LogP contribution in [0.5, 0.6) is 0 Å². The van der Waals surface area contributed by atoms with E-state index in [9.17, 15) is 4.79 Å². The highest BCUT2D eigenvalue weighted by Gasteiger charge is 2.13. The standard InChI is InChI=1S/C14H18N4O/c1-4-10-8-13(18(3)17-10)14(19)16-11-5-6-12(15)9(2)7-11/h5-8H,4,15H2,1-3H3,(H,16,19). The van der Waals surface area contributed by atoms with Crippen molar-refractivity contribution in [2.45, 2.75) is 20.3 Å². The second-order valence-corrected chi connectivity index (χ2v) is 4.52. The van der Waals surface area contributed by atoms with Gasteiger partial charge in [0, 0.05) is 18.4 Å². The Bertz CT molecular complexity index is 616. The van der Waals surface area contributed by atoms with Crippen LogP contribution in [0.25, 0.3) is 0 Å². The van der Waals surface area contributed by atoms with Gasteiger partial charge in [-0.1, -0.05) is 6.92 Å². The number of hydrogen-bond donors (Lipinski definition) is 2. The monoisotopic (exact) mass is 258 g/mol. The maximum atomic E-state index is 12.2. The quantitative estimate of drug-likeness (QED) is 0.828. The van der Waals surface area contributed by atoms with Crippen LogP contribution in [-0.2, 0) is 13.5 Å².